The Morgan fingerprint density at radius 3 is 2.76 bits per heavy atom. The van der Waals surface area contributed by atoms with E-state index in [0.29, 0.717) is 22.3 Å². The van der Waals surface area contributed by atoms with Crippen LogP contribution in [0.3, 0.4) is 0 Å². The Hall–Kier alpha value is -1.82. The van der Waals surface area contributed by atoms with E-state index in [1.807, 2.05) is 24.4 Å². The van der Waals surface area contributed by atoms with Crippen LogP contribution in [0.25, 0.3) is 6.08 Å². The zero-order chi connectivity index (χ0) is 18.2. The fraction of sp³-hybridized carbons (Fsp3) is 0.222. The zero-order valence-electron chi connectivity index (χ0n) is 13.7. The number of nitrogens with one attached hydrogen (secondary N) is 1. The van der Waals surface area contributed by atoms with E-state index in [1.54, 1.807) is 35.6 Å². The molecule has 4 nitrogen and oxygen atoms in total. The Labute approximate surface area is 161 Å². The lowest BCUT2D eigenvalue weighted by atomic mass is 10.3. The molecule has 0 unspecified atom stereocenters. The summed E-state index contributed by atoms with van der Waals surface area (Å²) in [5.74, 6) is -0.530. The fourth-order valence-electron chi connectivity index (χ4n) is 2.14. The summed E-state index contributed by atoms with van der Waals surface area (Å²) < 4.78 is 0. The summed E-state index contributed by atoms with van der Waals surface area (Å²) >= 11 is 13.5. The third-order valence-corrected chi connectivity index (χ3v) is 4.68. The van der Waals surface area contributed by atoms with E-state index in [4.69, 9.17) is 23.2 Å². The molecule has 1 aromatic heterocycles. The number of amides is 2. The first-order valence-electron chi connectivity index (χ1n) is 7.75. The number of benzene rings is 1. The van der Waals surface area contributed by atoms with Crippen molar-refractivity contribution in [3.8, 4) is 0 Å². The Morgan fingerprint density at radius 1 is 1.28 bits per heavy atom. The molecule has 2 amide bonds. The topological polar surface area (TPSA) is 49.4 Å². The van der Waals surface area contributed by atoms with Crippen molar-refractivity contribution in [2.45, 2.75) is 13.3 Å². The van der Waals surface area contributed by atoms with Crippen molar-refractivity contribution in [3.05, 3.63) is 56.7 Å². The number of carbonyl (C=O) groups excluding carboxylic acids is 2. The number of rotatable bonds is 7. The number of carbonyl (C=O) groups is 2. The average Bonchev–Trinajstić information content (AvgIpc) is 3.09. The van der Waals surface area contributed by atoms with Gasteiger partial charge in [-0.3, -0.25) is 9.59 Å². The predicted octanol–water partition coefficient (Wildman–Crippen LogP) is 4.95. The number of hydrogen-bond acceptors (Lipinski definition) is 3. The number of nitrogens with zero attached hydrogens (tertiary/aromatic N) is 1. The highest BCUT2D eigenvalue weighted by molar-refractivity contribution is 7.10. The smallest absolute Gasteiger partial charge is 0.247 e. The maximum atomic E-state index is 12.4. The van der Waals surface area contributed by atoms with Crippen LogP contribution in [0.5, 0.6) is 0 Å². The van der Waals surface area contributed by atoms with Crippen molar-refractivity contribution >= 4 is 58.1 Å². The van der Waals surface area contributed by atoms with E-state index in [9.17, 15) is 9.59 Å². The maximum absolute atomic E-state index is 12.4. The highest BCUT2D eigenvalue weighted by Gasteiger charge is 2.15. The van der Waals surface area contributed by atoms with Crippen LogP contribution in [0, 0.1) is 0 Å². The SMILES string of the molecule is CCCN(CC(=O)Nc1cc(Cl)ccc1Cl)C(=O)/C=C/c1cccs1. The van der Waals surface area contributed by atoms with Crippen LogP contribution in [0.2, 0.25) is 10.0 Å². The summed E-state index contributed by atoms with van der Waals surface area (Å²) in [7, 11) is 0. The second kappa shape index (κ2) is 9.61. The molecule has 132 valence electrons. The lowest BCUT2D eigenvalue weighted by Gasteiger charge is -2.20. The van der Waals surface area contributed by atoms with Gasteiger partial charge in [0.1, 0.15) is 6.54 Å². The molecule has 0 aliphatic rings. The molecular weight excluding hydrogens is 379 g/mol. The molecule has 0 saturated carbocycles. The molecule has 0 radical (unpaired) electrons. The molecule has 1 N–H and O–H groups in total. The van der Waals surface area contributed by atoms with Crippen molar-refractivity contribution in [1.82, 2.24) is 4.90 Å². The molecule has 1 heterocycles. The Balaban J connectivity index is 2.01. The highest BCUT2D eigenvalue weighted by atomic mass is 35.5. The molecule has 7 heteroatoms. The molecule has 1 aromatic carbocycles. The van der Waals surface area contributed by atoms with Crippen LogP contribution in [0.1, 0.15) is 18.2 Å². The largest absolute Gasteiger partial charge is 0.330 e. The minimum atomic E-state index is -0.324. The van der Waals surface area contributed by atoms with Crippen LogP contribution in [-0.2, 0) is 9.59 Å². The average molecular weight is 397 g/mol. The van der Waals surface area contributed by atoms with Gasteiger partial charge in [0.2, 0.25) is 11.8 Å². The first-order chi connectivity index (χ1) is 12.0. The summed E-state index contributed by atoms with van der Waals surface area (Å²) in [6.07, 6.45) is 3.99. The maximum Gasteiger partial charge on any atom is 0.247 e. The standard InChI is InChI=1S/C18H18Cl2N2O2S/c1-2-9-22(18(24)8-6-14-4-3-10-25-14)12-17(23)21-16-11-13(19)5-7-15(16)20/h3-8,10-11H,2,9,12H2,1H3,(H,21,23)/b8-6+. The zero-order valence-corrected chi connectivity index (χ0v) is 16.0. The van der Waals surface area contributed by atoms with Gasteiger partial charge in [-0.25, -0.2) is 0 Å². The molecule has 0 spiro atoms. The Morgan fingerprint density at radius 2 is 2.08 bits per heavy atom. The normalized spacial score (nSPS) is 10.8. The quantitative estimate of drug-likeness (QED) is 0.673. The number of halogens is 2. The summed E-state index contributed by atoms with van der Waals surface area (Å²) in [4.78, 5) is 27.1. The van der Waals surface area contributed by atoms with Crippen molar-refractivity contribution in [1.29, 1.82) is 0 Å². The van der Waals surface area contributed by atoms with Gasteiger partial charge in [0.25, 0.3) is 0 Å². The molecule has 0 atom stereocenters. The molecule has 0 aliphatic carbocycles. The van der Waals surface area contributed by atoms with Crippen LogP contribution in [0.15, 0.2) is 41.8 Å². The van der Waals surface area contributed by atoms with E-state index < -0.39 is 0 Å². The summed E-state index contributed by atoms with van der Waals surface area (Å²) in [6, 6.07) is 8.66. The molecule has 0 aliphatic heterocycles. The van der Waals surface area contributed by atoms with Gasteiger partial charge in [0, 0.05) is 22.5 Å². The predicted molar refractivity (Wildman–Crippen MR) is 105 cm³/mol. The minimum absolute atomic E-state index is 0.0513. The van der Waals surface area contributed by atoms with Gasteiger partial charge < -0.3 is 10.2 Å². The van der Waals surface area contributed by atoms with Gasteiger partial charge in [-0.1, -0.05) is 36.2 Å². The summed E-state index contributed by atoms with van der Waals surface area (Å²) in [6.45, 7) is 2.39. The minimum Gasteiger partial charge on any atom is -0.330 e. The Kier molecular flexibility index (Phi) is 7.50. The molecule has 2 rings (SSSR count). The second-order valence-corrected chi connectivity index (χ2v) is 7.10. The highest BCUT2D eigenvalue weighted by Crippen LogP contribution is 2.25. The van der Waals surface area contributed by atoms with Gasteiger partial charge in [0.15, 0.2) is 0 Å². The van der Waals surface area contributed by atoms with Crippen molar-refractivity contribution in [2.24, 2.45) is 0 Å². The molecule has 2 aromatic rings. The van der Waals surface area contributed by atoms with Crippen LogP contribution < -0.4 is 5.32 Å². The van der Waals surface area contributed by atoms with E-state index in [0.717, 1.165) is 11.3 Å². The van der Waals surface area contributed by atoms with Gasteiger partial charge >= 0.3 is 0 Å². The second-order valence-electron chi connectivity index (χ2n) is 5.28. The number of hydrogen-bond donors (Lipinski definition) is 1. The van der Waals surface area contributed by atoms with Gasteiger partial charge in [-0.2, -0.15) is 0 Å². The lowest BCUT2D eigenvalue weighted by Crippen LogP contribution is -2.37. The van der Waals surface area contributed by atoms with E-state index in [1.165, 1.54) is 11.0 Å². The molecule has 0 bridgehead atoms. The van der Waals surface area contributed by atoms with Crippen LogP contribution >= 0.6 is 34.5 Å². The monoisotopic (exact) mass is 396 g/mol. The molecular formula is C18H18Cl2N2O2S. The van der Waals surface area contributed by atoms with Gasteiger partial charge in [0.05, 0.1) is 10.7 Å². The van der Waals surface area contributed by atoms with E-state index in [2.05, 4.69) is 5.32 Å². The first kappa shape index (κ1) is 19.5. The summed E-state index contributed by atoms with van der Waals surface area (Å²) in [5, 5.41) is 5.50. The third kappa shape index (κ3) is 6.20. The summed E-state index contributed by atoms with van der Waals surface area (Å²) in [5.41, 5.74) is 0.428. The van der Waals surface area contributed by atoms with Gasteiger partial charge in [-0.05, 0) is 42.1 Å². The van der Waals surface area contributed by atoms with Gasteiger partial charge in [-0.15, -0.1) is 11.3 Å². The molecule has 25 heavy (non-hydrogen) atoms. The molecule has 0 saturated heterocycles. The Bertz CT molecular complexity index is 760. The van der Waals surface area contributed by atoms with Crippen molar-refractivity contribution in [2.75, 3.05) is 18.4 Å². The molecule has 0 fully saturated rings. The van der Waals surface area contributed by atoms with E-state index >= 15 is 0 Å². The fourth-order valence-corrected chi connectivity index (χ4v) is 3.09. The van der Waals surface area contributed by atoms with Crippen LogP contribution in [0.4, 0.5) is 5.69 Å². The first-order valence-corrected chi connectivity index (χ1v) is 9.38. The van der Waals surface area contributed by atoms with Crippen molar-refractivity contribution in [3.63, 3.8) is 0 Å². The van der Waals surface area contributed by atoms with Crippen LogP contribution in [-0.4, -0.2) is 29.8 Å². The van der Waals surface area contributed by atoms with Crippen molar-refractivity contribution < 1.29 is 9.59 Å². The third-order valence-electron chi connectivity index (χ3n) is 3.28. The number of anilines is 1. The lowest BCUT2D eigenvalue weighted by molar-refractivity contribution is -0.130. The number of thiophene rings is 1. The van der Waals surface area contributed by atoms with E-state index in [-0.39, 0.29) is 18.4 Å².